The summed E-state index contributed by atoms with van der Waals surface area (Å²) < 4.78 is 16.6. The minimum atomic E-state index is 0.277. The highest BCUT2D eigenvalue weighted by molar-refractivity contribution is 6.31. The van der Waals surface area contributed by atoms with Gasteiger partial charge in [-0.15, -0.1) is 0 Å². The molecule has 2 heterocycles. The third kappa shape index (κ3) is 2.93. The SMILES string of the molecule is Cc1ccc(-c2ccc(CNc3ccc4c(c3)OCO4)o2)cc1Cl. The van der Waals surface area contributed by atoms with E-state index in [4.69, 9.17) is 25.5 Å². The molecule has 4 rings (SSSR count). The summed E-state index contributed by atoms with van der Waals surface area (Å²) in [5, 5.41) is 4.06. The smallest absolute Gasteiger partial charge is 0.231 e. The van der Waals surface area contributed by atoms with E-state index in [1.165, 1.54) is 0 Å². The summed E-state index contributed by atoms with van der Waals surface area (Å²) in [5.41, 5.74) is 2.98. The molecule has 0 bridgehead atoms. The van der Waals surface area contributed by atoms with E-state index in [9.17, 15) is 0 Å². The van der Waals surface area contributed by atoms with Crippen molar-refractivity contribution in [1.82, 2.24) is 0 Å². The molecule has 0 aliphatic carbocycles. The highest BCUT2D eigenvalue weighted by Crippen LogP contribution is 2.34. The Balaban J connectivity index is 1.46. The fourth-order valence-electron chi connectivity index (χ4n) is 2.57. The number of benzene rings is 2. The number of furan rings is 1. The van der Waals surface area contributed by atoms with Crippen LogP contribution in [0, 0.1) is 6.92 Å². The van der Waals surface area contributed by atoms with Crippen LogP contribution in [0.3, 0.4) is 0 Å². The lowest BCUT2D eigenvalue weighted by Gasteiger charge is -2.05. The van der Waals surface area contributed by atoms with E-state index in [0.29, 0.717) is 6.54 Å². The second-order valence-corrected chi connectivity index (χ2v) is 6.06. The van der Waals surface area contributed by atoms with Crippen LogP contribution < -0.4 is 14.8 Å². The van der Waals surface area contributed by atoms with Gasteiger partial charge in [0, 0.05) is 22.3 Å². The third-order valence-electron chi connectivity index (χ3n) is 3.96. The first-order chi connectivity index (χ1) is 11.7. The van der Waals surface area contributed by atoms with Gasteiger partial charge in [0.25, 0.3) is 0 Å². The van der Waals surface area contributed by atoms with Crippen LogP contribution in [0.25, 0.3) is 11.3 Å². The van der Waals surface area contributed by atoms with E-state index < -0.39 is 0 Å². The molecule has 0 radical (unpaired) electrons. The molecule has 24 heavy (non-hydrogen) atoms. The molecule has 1 aliphatic rings. The molecule has 0 atom stereocenters. The number of ether oxygens (including phenoxy) is 2. The number of halogens is 1. The number of nitrogens with one attached hydrogen (secondary N) is 1. The number of hydrogen-bond donors (Lipinski definition) is 1. The van der Waals surface area contributed by atoms with Gasteiger partial charge < -0.3 is 19.2 Å². The van der Waals surface area contributed by atoms with Gasteiger partial charge in [-0.05, 0) is 42.8 Å². The van der Waals surface area contributed by atoms with Crippen LogP contribution in [-0.2, 0) is 6.54 Å². The van der Waals surface area contributed by atoms with Crippen LogP contribution in [0.1, 0.15) is 11.3 Å². The lowest BCUT2D eigenvalue weighted by Crippen LogP contribution is -1.97. The van der Waals surface area contributed by atoms with Crippen molar-refractivity contribution >= 4 is 17.3 Å². The highest BCUT2D eigenvalue weighted by atomic mass is 35.5. The Labute approximate surface area is 145 Å². The molecule has 0 amide bonds. The molecule has 0 saturated heterocycles. The average Bonchev–Trinajstić information content (AvgIpc) is 3.24. The highest BCUT2D eigenvalue weighted by Gasteiger charge is 2.13. The van der Waals surface area contributed by atoms with Crippen molar-refractivity contribution in [3.63, 3.8) is 0 Å². The van der Waals surface area contributed by atoms with E-state index in [1.807, 2.05) is 55.5 Å². The Hall–Kier alpha value is -2.59. The molecule has 0 saturated carbocycles. The van der Waals surface area contributed by atoms with E-state index in [1.54, 1.807) is 0 Å². The first-order valence-electron chi connectivity index (χ1n) is 7.68. The van der Waals surface area contributed by atoms with Gasteiger partial charge in [0.05, 0.1) is 6.54 Å². The van der Waals surface area contributed by atoms with Crippen molar-refractivity contribution in [1.29, 1.82) is 0 Å². The lowest BCUT2D eigenvalue weighted by atomic mass is 10.1. The molecule has 4 nitrogen and oxygen atoms in total. The molecule has 5 heteroatoms. The molecule has 122 valence electrons. The summed E-state index contributed by atoms with van der Waals surface area (Å²) in [4.78, 5) is 0. The standard InChI is InChI=1S/C19H16ClNO3/c1-12-2-3-13(8-16(12)20)17-7-5-15(24-17)10-21-14-4-6-18-19(9-14)23-11-22-18/h2-9,21H,10-11H2,1H3. The Morgan fingerprint density at radius 2 is 1.88 bits per heavy atom. The molecule has 2 aromatic carbocycles. The predicted molar refractivity (Wildman–Crippen MR) is 93.8 cm³/mol. The van der Waals surface area contributed by atoms with Crippen molar-refractivity contribution in [2.24, 2.45) is 0 Å². The normalized spacial score (nSPS) is 12.4. The van der Waals surface area contributed by atoms with E-state index >= 15 is 0 Å². The zero-order chi connectivity index (χ0) is 16.5. The Morgan fingerprint density at radius 1 is 1.00 bits per heavy atom. The fraction of sp³-hybridized carbons (Fsp3) is 0.158. The molecule has 0 unspecified atom stereocenters. The first-order valence-corrected chi connectivity index (χ1v) is 8.05. The Morgan fingerprint density at radius 3 is 2.75 bits per heavy atom. The Bertz CT molecular complexity index is 888. The van der Waals surface area contributed by atoms with E-state index in [2.05, 4.69) is 5.32 Å². The molecule has 0 fully saturated rings. The quantitative estimate of drug-likeness (QED) is 0.704. The fourth-order valence-corrected chi connectivity index (χ4v) is 2.75. The van der Waals surface area contributed by atoms with Crippen molar-refractivity contribution in [2.75, 3.05) is 12.1 Å². The number of aryl methyl sites for hydroxylation is 1. The summed E-state index contributed by atoms with van der Waals surface area (Å²) in [6, 6.07) is 15.6. The Kier molecular flexibility index (Phi) is 3.82. The molecular weight excluding hydrogens is 326 g/mol. The summed E-state index contributed by atoms with van der Waals surface area (Å²) in [7, 11) is 0. The van der Waals surface area contributed by atoms with Crippen LogP contribution >= 0.6 is 11.6 Å². The summed E-state index contributed by atoms with van der Waals surface area (Å²) in [5.74, 6) is 3.19. The van der Waals surface area contributed by atoms with Crippen molar-refractivity contribution < 1.29 is 13.9 Å². The summed E-state index contributed by atoms with van der Waals surface area (Å²) >= 11 is 6.18. The number of rotatable bonds is 4. The van der Waals surface area contributed by atoms with Crippen molar-refractivity contribution in [3.8, 4) is 22.8 Å². The molecule has 1 N–H and O–H groups in total. The summed E-state index contributed by atoms with van der Waals surface area (Å²) in [6.45, 7) is 2.84. The van der Waals surface area contributed by atoms with Gasteiger partial charge in [0.15, 0.2) is 11.5 Å². The maximum absolute atomic E-state index is 6.18. The summed E-state index contributed by atoms with van der Waals surface area (Å²) in [6.07, 6.45) is 0. The first kappa shape index (κ1) is 15.0. The topological polar surface area (TPSA) is 43.6 Å². The van der Waals surface area contributed by atoms with Crippen LogP contribution in [0.2, 0.25) is 5.02 Å². The van der Waals surface area contributed by atoms with Gasteiger partial charge >= 0.3 is 0 Å². The van der Waals surface area contributed by atoms with Gasteiger partial charge in [0.1, 0.15) is 11.5 Å². The van der Waals surface area contributed by atoms with Crippen LogP contribution in [0.5, 0.6) is 11.5 Å². The largest absolute Gasteiger partial charge is 0.459 e. The molecule has 1 aliphatic heterocycles. The second kappa shape index (κ2) is 6.13. The zero-order valence-corrected chi connectivity index (χ0v) is 13.9. The van der Waals surface area contributed by atoms with Crippen molar-refractivity contribution in [3.05, 3.63) is 64.9 Å². The molecular formula is C19H16ClNO3. The van der Waals surface area contributed by atoms with E-state index in [0.717, 1.165) is 44.9 Å². The van der Waals surface area contributed by atoms with E-state index in [-0.39, 0.29) is 6.79 Å². The van der Waals surface area contributed by atoms with Crippen LogP contribution in [-0.4, -0.2) is 6.79 Å². The molecule has 1 aromatic heterocycles. The maximum atomic E-state index is 6.18. The van der Waals surface area contributed by atoms with Gasteiger partial charge in [-0.1, -0.05) is 23.7 Å². The molecule has 3 aromatic rings. The van der Waals surface area contributed by atoms with Crippen molar-refractivity contribution in [2.45, 2.75) is 13.5 Å². The maximum Gasteiger partial charge on any atom is 0.231 e. The number of hydrogen-bond acceptors (Lipinski definition) is 4. The second-order valence-electron chi connectivity index (χ2n) is 5.65. The van der Waals surface area contributed by atoms with Crippen LogP contribution in [0.4, 0.5) is 5.69 Å². The lowest BCUT2D eigenvalue weighted by molar-refractivity contribution is 0.174. The van der Waals surface area contributed by atoms with Gasteiger partial charge in [-0.2, -0.15) is 0 Å². The molecule has 0 spiro atoms. The zero-order valence-electron chi connectivity index (χ0n) is 13.1. The predicted octanol–water partition coefficient (Wildman–Crippen LogP) is 5.25. The van der Waals surface area contributed by atoms with Gasteiger partial charge in [-0.25, -0.2) is 0 Å². The monoisotopic (exact) mass is 341 g/mol. The average molecular weight is 342 g/mol. The minimum Gasteiger partial charge on any atom is -0.459 e. The third-order valence-corrected chi connectivity index (χ3v) is 4.36. The van der Waals surface area contributed by atoms with Crippen LogP contribution in [0.15, 0.2) is 52.9 Å². The van der Waals surface area contributed by atoms with Gasteiger partial charge in [0.2, 0.25) is 6.79 Å². The number of fused-ring (bicyclic) bond motifs is 1. The minimum absolute atomic E-state index is 0.277. The van der Waals surface area contributed by atoms with Gasteiger partial charge in [-0.3, -0.25) is 0 Å². The number of anilines is 1.